The molecule has 2 aromatic heterocycles. The van der Waals surface area contributed by atoms with Crippen LogP contribution >= 0.6 is 0 Å². The summed E-state index contributed by atoms with van der Waals surface area (Å²) < 4.78 is 24.1. The smallest absolute Gasteiger partial charge is 0.355 e. The van der Waals surface area contributed by atoms with E-state index in [4.69, 9.17) is 18.9 Å². The molecule has 8 aliphatic carbocycles. The van der Waals surface area contributed by atoms with Gasteiger partial charge < -0.3 is 90.2 Å². The van der Waals surface area contributed by atoms with Crippen molar-refractivity contribution < 1.29 is 89.8 Å². The average Bonchev–Trinajstić information content (AvgIpc) is 4.12. The van der Waals surface area contributed by atoms with E-state index in [1.165, 1.54) is 52.2 Å². The Bertz CT molecular complexity index is 2430. The van der Waals surface area contributed by atoms with Crippen molar-refractivity contribution in [3.8, 4) is 0 Å². The first-order valence-electron chi connectivity index (χ1n) is 24.7. The third kappa shape index (κ3) is 3.84. The van der Waals surface area contributed by atoms with E-state index >= 15 is 0 Å². The third-order valence-electron chi connectivity index (χ3n) is 22.6. The zero-order valence-electron chi connectivity index (χ0n) is 41.1. The fourth-order valence-corrected chi connectivity index (χ4v) is 19.1. The van der Waals surface area contributed by atoms with E-state index in [9.17, 15) is 70.9 Å². The molecule has 22 atom stereocenters. The second-order valence-electron chi connectivity index (χ2n) is 24.8. The highest BCUT2D eigenvalue weighted by atomic mass is 16.7. The van der Waals surface area contributed by atoms with Crippen molar-refractivity contribution in [2.45, 2.75) is 200 Å². The van der Waals surface area contributed by atoms with Gasteiger partial charge >= 0.3 is 11.9 Å². The third-order valence-corrected chi connectivity index (χ3v) is 22.6. The van der Waals surface area contributed by atoms with Crippen LogP contribution in [0.25, 0.3) is 0 Å². The first-order valence-corrected chi connectivity index (χ1v) is 24.7. The number of aliphatic hydroxyl groups excluding tert-OH is 2. The number of carbonyl (C=O) groups excluding carboxylic acids is 2. The van der Waals surface area contributed by atoms with Crippen LogP contribution in [0.15, 0.2) is 36.7 Å². The van der Waals surface area contributed by atoms with Gasteiger partial charge in [0.05, 0.1) is 23.0 Å². The number of H-pyrrole nitrogens is 2. The van der Waals surface area contributed by atoms with Crippen LogP contribution in [0.3, 0.4) is 0 Å². The van der Waals surface area contributed by atoms with Crippen molar-refractivity contribution in [2.75, 3.05) is 0 Å². The number of carbonyl (C=O) groups is 2. The molecule has 0 radical (unpaired) electrons. The SMILES string of the molecule is CC(C)[C@@]1(O)[C@@H](OC(=O)c2ccc[nH]2)[C@@]2(O)[C@@]3(C)C[C@]4(O)O[C@@]5([C@H](O)[C@@H](C)CC[C@]35O)[C@@]2(O)[C@@]14C.CC(C)[C@@]1(O)[C@@H](OC(=O)c2ccc[nH]2)[C@@]2(O)[C@@]3(C)C[C@]4(O)O[C@@]5([C@H](O)[C@@H](C)CC[C@]35O)[C@@]2(O)[C@@]14C. The average molecular weight is 987 g/mol. The van der Waals surface area contributed by atoms with Crippen molar-refractivity contribution >= 4 is 11.9 Å². The lowest BCUT2D eigenvalue weighted by Gasteiger charge is -2.60. The monoisotopic (exact) mass is 986 g/mol. The van der Waals surface area contributed by atoms with Gasteiger partial charge in [-0.15, -0.1) is 0 Å². The molecule has 12 bridgehead atoms. The summed E-state index contributed by atoms with van der Waals surface area (Å²) in [6.45, 7) is 15.8. The number of nitrogens with one attached hydrogen (secondary N) is 2. The molecule has 4 saturated heterocycles. The number of ether oxygens (including phenoxy) is 4. The Morgan fingerprint density at radius 1 is 0.600 bits per heavy atom. The van der Waals surface area contributed by atoms with E-state index in [0.29, 0.717) is 12.8 Å². The fraction of sp³-hybridized carbons (Fsp3) is 0.800. The largest absolute Gasteiger partial charge is 0.451 e. The van der Waals surface area contributed by atoms with Gasteiger partial charge in [-0.1, -0.05) is 55.4 Å². The minimum Gasteiger partial charge on any atom is -0.451 e. The zero-order chi connectivity index (χ0) is 51.7. The van der Waals surface area contributed by atoms with Gasteiger partial charge in [-0.3, -0.25) is 0 Å². The van der Waals surface area contributed by atoms with E-state index in [1.54, 1.807) is 53.7 Å². The van der Waals surface area contributed by atoms with Gasteiger partial charge in [0.15, 0.2) is 35.0 Å². The quantitative estimate of drug-likeness (QED) is 0.164. The van der Waals surface area contributed by atoms with Crippen molar-refractivity contribution in [1.29, 1.82) is 0 Å². The molecule has 2 spiro atoms. The van der Waals surface area contributed by atoms with Crippen LogP contribution in [-0.2, 0) is 18.9 Å². The van der Waals surface area contributed by atoms with E-state index in [2.05, 4.69) is 9.97 Å². The molecular weight excluding hydrogens is 917 g/mol. The predicted octanol–water partition coefficient (Wildman–Crippen LogP) is -0.375. The maximum Gasteiger partial charge on any atom is 0.355 e. The fourth-order valence-electron chi connectivity index (χ4n) is 19.1. The highest BCUT2D eigenvalue weighted by molar-refractivity contribution is 5.88. The Kier molecular flexibility index (Phi) is 9.05. The number of esters is 2. The molecule has 2 aromatic rings. The summed E-state index contributed by atoms with van der Waals surface area (Å²) >= 11 is 0. The summed E-state index contributed by atoms with van der Waals surface area (Å²) in [7, 11) is 0. The van der Waals surface area contributed by atoms with Crippen LogP contribution in [0.5, 0.6) is 0 Å². The van der Waals surface area contributed by atoms with Crippen LogP contribution in [0.2, 0.25) is 0 Å². The molecule has 20 nitrogen and oxygen atoms in total. The summed E-state index contributed by atoms with van der Waals surface area (Å²) in [5, 5.41) is 148. The van der Waals surface area contributed by atoms with Gasteiger partial charge in [-0.2, -0.15) is 0 Å². The molecular formula is C50H70N2O18. The maximum atomic E-state index is 13.2. The number of aliphatic hydroxyl groups is 12. The molecule has 0 unspecified atom stereocenters. The Balaban J connectivity index is 0.000000152. The minimum absolute atomic E-state index is 0.0654. The second kappa shape index (κ2) is 12.9. The Labute approximate surface area is 403 Å². The zero-order valence-corrected chi connectivity index (χ0v) is 41.1. The Morgan fingerprint density at radius 3 is 1.21 bits per heavy atom. The number of aromatic nitrogens is 2. The first kappa shape index (κ1) is 49.2. The van der Waals surface area contributed by atoms with E-state index in [-0.39, 0.29) is 37.1 Å². The molecule has 20 heteroatoms. The normalized spacial score (nSPS) is 59.8. The molecule has 8 saturated carbocycles. The molecule has 0 amide bonds. The number of aromatic amines is 2. The van der Waals surface area contributed by atoms with Gasteiger partial charge in [0, 0.05) is 36.1 Å². The lowest BCUT2D eigenvalue weighted by molar-refractivity contribution is -0.390. The van der Waals surface area contributed by atoms with Gasteiger partial charge in [-0.05, 0) is 87.5 Å². The van der Waals surface area contributed by atoms with Crippen LogP contribution in [0.1, 0.15) is 129 Å². The maximum absolute atomic E-state index is 13.2. The summed E-state index contributed by atoms with van der Waals surface area (Å²) in [5.74, 6) is -8.68. The highest BCUT2D eigenvalue weighted by Gasteiger charge is 3.12. The van der Waals surface area contributed by atoms with E-state index < -0.39 is 149 Å². The van der Waals surface area contributed by atoms with Crippen molar-refractivity contribution in [3.63, 3.8) is 0 Å². The highest BCUT2D eigenvalue weighted by Crippen LogP contribution is 2.92. The molecule has 4 aliphatic heterocycles. The predicted molar refractivity (Wildman–Crippen MR) is 237 cm³/mol. The number of hydrogen-bond acceptors (Lipinski definition) is 18. The minimum atomic E-state index is -2.59. The van der Waals surface area contributed by atoms with Crippen LogP contribution < -0.4 is 0 Å². The van der Waals surface area contributed by atoms with Crippen molar-refractivity contribution in [3.05, 3.63) is 48.0 Å². The molecule has 12 fully saturated rings. The van der Waals surface area contributed by atoms with Gasteiger partial charge in [0.1, 0.15) is 56.2 Å². The molecule has 14 N–H and O–H groups in total. The second-order valence-corrected chi connectivity index (χ2v) is 24.8. The van der Waals surface area contributed by atoms with Crippen LogP contribution in [-0.4, -0.2) is 175 Å². The van der Waals surface area contributed by atoms with Crippen LogP contribution in [0.4, 0.5) is 0 Å². The summed E-state index contributed by atoms with van der Waals surface area (Å²) in [4.78, 5) is 31.8. The topological polar surface area (TPSA) is 345 Å². The summed E-state index contributed by atoms with van der Waals surface area (Å²) in [6.07, 6.45) is -3.27. The van der Waals surface area contributed by atoms with Gasteiger partial charge in [0.2, 0.25) is 0 Å². The number of hydrogen-bond donors (Lipinski definition) is 14. The lowest BCUT2D eigenvalue weighted by atomic mass is 9.52. The molecule has 0 aromatic carbocycles. The standard InChI is InChI=1S/2C25H35NO9/c2*1-12(2)22(31)17(34-16(28)14-7-6-10-26-14)23(32)18(4)11-21(30)19(22,5)25(23,33)24(35-21)15(27)13(3)8-9-20(18,24)29/h2*6-7,10,12-13,15,17,26-27,29-33H,8-9,11H2,1-5H3/t2*13-,15+,17+,18-,19+,20-,21-,22+,23+,24+,25+/m00/s1. The summed E-state index contributed by atoms with van der Waals surface area (Å²) in [6, 6.07) is 6.12. The van der Waals surface area contributed by atoms with Crippen molar-refractivity contribution in [1.82, 2.24) is 9.97 Å². The number of rotatable bonds is 6. The molecule has 70 heavy (non-hydrogen) atoms. The van der Waals surface area contributed by atoms with Crippen molar-refractivity contribution in [2.24, 2.45) is 45.3 Å². The van der Waals surface area contributed by atoms with E-state index in [1.807, 2.05) is 0 Å². The Hall–Kier alpha value is -3.06. The first-order chi connectivity index (χ1) is 32.0. The van der Waals surface area contributed by atoms with Gasteiger partial charge in [-0.25, -0.2) is 9.59 Å². The molecule has 388 valence electrons. The molecule has 6 heterocycles. The van der Waals surface area contributed by atoms with E-state index in [0.717, 1.165) is 0 Å². The van der Waals surface area contributed by atoms with Gasteiger partial charge in [0.25, 0.3) is 0 Å². The molecule has 14 rings (SSSR count). The lowest BCUT2D eigenvalue weighted by Crippen LogP contribution is -2.75. The van der Waals surface area contributed by atoms with Crippen LogP contribution in [0, 0.1) is 45.3 Å². The summed E-state index contributed by atoms with van der Waals surface area (Å²) in [5.41, 5.74) is -30.4. The molecule has 12 aliphatic rings. The Morgan fingerprint density at radius 2 is 0.929 bits per heavy atom.